The lowest BCUT2D eigenvalue weighted by atomic mass is 9.91. The normalized spacial score (nSPS) is 18.1. The maximum atomic E-state index is 12.2. The lowest BCUT2D eigenvalue weighted by molar-refractivity contribution is 0.0913. The summed E-state index contributed by atoms with van der Waals surface area (Å²) in [5.41, 5.74) is -0.206. The fourth-order valence-corrected chi connectivity index (χ4v) is 2.71. The highest BCUT2D eigenvalue weighted by atomic mass is 35.5. The van der Waals surface area contributed by atoms with Gasteiger partial charge in [0.15, 0.2) is 0 Å². The number of hydrogen-bond donors (Lipinski definition) is 1. The zero-order valence-electron chi connectivity index (χ0n) is 10.8. The van der Waals surface area contributed by atoms with Crippen molar-refractivity contribution in [1.29, 1.82) is 5.26 Å². The average Bonchev–Trinajstić information content (AvgIpc) is 2.65. The van der Waals surface area contributed by atoms with Crippen LogP contribution in [-0.2, 0) is 0 Å². The third kappa shape index (κ3) is 3.48. The molecule has 19 heavy (non-hydrogen) atoms. The highest BCUT2D eigenvalue weighted by molar-refractivity contribution is 6.30. The first-order valence-corrected chi connectivity index (χ1v) is 7.02. The van der Waals surface area contributed by atoms with Gasteiger partial charge < -0.3 is 5.32 Å². The van der Waals surface area contributed by atoms with E-state index in [1.807, 2.05) is 0 Å². The monoisotopic (exact) mass is 276 g/mol. The quantitative estimate of drug-likeness (QED) is 0.838. The zero-order chi connectivity index (χ0) is 13.7. The van der Waals surface area contributed by atoms with Crippen LogP contribution in [0.3, 0.4) is 0 Å². The fraction of sp³-hybridized carbons (Fsp3) is 0.467. The minimum absolute atomic E-state index is 0.217. The molecule has 1 aliphatic carbocycles. The molecular formula is C15H17ClN2O. The first-order chi connectivity index (χ1) is 9.15. The Bertz CT molecular complexity index is 499. The van der Waals surface area contributed by atoms with Gasteiger partial charge in [0.2, 0.25) is 0 Å². The molecule has 0 aromatic heterocycles. The topological polar surface area (TPSA) is 52.9 Å². The van der Waals surface area contributed by atoms with E-state index in [0.717, 1.165) is 38.5 Å². The minimum atomic E-state index is -0.712. The number of carbonyl (C=O) groups is 1. The molecular weight excluding hydrogens is 260 g/mol. The number of rotatable bonds is 2. The summed E-state index contributed by atoms with van der Waals surface area (Å²) in [6.07, 6.45) is 5.71. The summed E-state index contributed by atoms with van der Waals surface area (Å²) in [6, 6.07) is 9.11. The zero-order valence-corrected chi connectivity index (χ0v) is 11.5. The van der Waals surface area contributed by atoms with E-state index in [-0.39, 0.29) is 5.91 Å². The molecule has 2 rings (SSSR count). The molecule has 4 heteroatoms. The summed E-state index contributed by atoms with van der Waals surface area (Å²) in [6.45, 7) is 0. The lowest BCUT2D eigenvalue weighted by Crippen LogP contribution is -2.47. The number of nitrogens with one attached hydrogen (secondary N) is 1. The van der Waals surface area contributed by atoms with E-state index in [1.165, 1.54) is 0 Å². The maximum Gasteiger partial charge on any atom is 0.252 e. The van der Waals surface area contributed by atoms with Crippen molar-refractivity contribution in [2.45, 2.75) is 44.1 Å². The number of hydrogen-bond acceptors (Lipinski definition) is 2. The lowest BCUT2D eigenvalue weighted by Gasteiger charge is -2.26. The fourth-order valence-electron chi connectivity index (χ4n) is 2.52. The number of benzene rings is 1. The van der Waals surface area contributed by atoms with Gasteiger partial charge in [-0.2, -0.15) is 5.26 Å². The molecule has 0 aliphatic heterocycles. The van der Waals surface area contributed by atoms with Crippen LogP contribution in [0.15, 0.2) is 24.3 Å². The minimum Gasteiger partial charge on any atom is -0.334 e. The second-order valence-electron chi connectivity index (χ2n) is 5.07. The van der Waals surface area contributed by atoms with Crippen molar-refractivity contribution in [3.8, 4) is 6.07 Å². The van der Waals surface area contributed by atoms with Crippen LogP contribution in [0.2, 0.25) is 5.02 Å². The summed E-state index contributed by atoms with van der Waals surface area (Å²) in [7, 11) is 0. The summed E-state index contributed by atoms with van der Waals surface area (Å²) < 4.78 is 0. The molecule has 1 aromatic carbocycles. The third-order valence-electron chi connectivity index (χ3n) is 3.61. The van der Waals surface area contributed by atoms with E-state index in [4.69, 9.17) is 11.6 Å². The summed E-state index contributed by atoms with van der Waals surface area (Å²) in [4.78, 5) is 12.2. The third-order valence-corrected chi connectivity index (χ3v) is 3.85. The van der Waals surface area contributed by atoms with Gasteiger partial charge in [-0.15, -0.1) is 0 Å². The number of nitriles is 1. The largest absolute Gasteiger partial charge is 0.334 e. The van der Waals surface area contributed by atoms with Crippen LogP contribution >= 0.6 is 11.6 Å². The van der Waals surface area contributed by atoms with E-state index >= 15 is 0 Å². The SMILES string of the molecule is N#CC1(NC(=O)c2cccc(Cl)c2)CCCCCC1. The van der Waals surface area contributed by atoms with Gasteiger partial charge in [0.1, 0.15) is 5.54 Å². The molecule has 0 radical (unpaired) electrons. The Hall–Kier alpha value is -1.53. The summed E-state index contributed by atoms with van der Waals surface area (Å²) >= 11 is 5.88. The molecule has 1 aliphatic rings. The number of carbonyl (C=O) groups excluding carboxylic acids is 1. The highest BCUT2D eigenvalue weighted by Gasteiger charge is 2.32. The molecule has 0 heterocycles. The van der Waals surface area contributed by atoms with Gasteiger partial charge in [0.25, 0.3) is 5.91 Å². The van der Waals surface area contributed by atoms with Gasteiger partial charge in [-0.25, -0.2) is 0 Å². The smallest absolute Gasteiger partial charge is 0.252 e. The second kappa shape index (κ2) is 6.08. The van der Waals surface area contributed by atoms with Crippen LogP contribution in [0.25, 0.3) is 0 Å². The van der Waals surface area contributed by atoms with E-state index in [0.29, 0.717) is 10.6 Å². The van der Waals surface area contributed by atoms with Crippen molar-refractivity contribution in [3.63, 3.8) is 0 Å². The first-order valence-electron chi connectivity index (χ1n) is 6.65. The Morgan fingerprint density at radius 3 is 2.53 bits per heavy atom. The van der Waals surface area contributed by atoms with E-state index in [2.05, 4.69) is 11.4 Å². The van der Waals surface area contributed by atoms with Crippen molar-refractivity contribution in [3.05, 3.63) is 34.9 Å². The number of halogens is 1. The average molecular weight is 277 g/mol. The molecule has 3 nitrogen and oxygen atoms in total. The molecule has 1 saturated carbocycles. The van der Waals surface area contributed by atoms with Crippen molar-refractivity contribution in [2.24, 2.45) is 0 Å². The van der Waals surface area contributed by atoms with Crippen LogP contribution in [-0.4, -0.2) is 11.4 Å². The molecule has 0 atom stereocenters. The van der Waals surface area contributed by atoms with Crippen molar-refractivity contribution in [1.82, 2.24) is 5.32 Å². The van der Waals surface area contributed by atoms with Gasteiger partial charge in [-0.05, 0) is 31.0 Å². The van der Waals surface area contributed by atoms with Crippen molar-refractivity contribution >= 4 is 17.5 Å². The Balaban J connectivity index is 2.14. The van der Waals surface area contributed by atoms with Crippen LogP contribution in [0.5, 0.6) is 0 Å². The van der Waals surface area contributed by atoms with Crippen LogP contribution < -0.4 is 5.32 Å². The van der Waals surface area contributed by atoms with Gasteiger partial charge >= 0.3 is 0 Å². The highest BCUT2D eigenvalue weighted by Crippen LogP contribution is 2.27. The molecule has 100 valence electrons. The van der Waals surface area contributed by atoms with Crippen LogP contribution in [0.4, 0.5) is 0 Å². The number of amides is 1. The second-order valence-corrected chi connectivity index (χ2v) is 5.51. The maximum absolute atomic E-state index is 12.2. The Morgan fingerprint density at radius 2 is 1.95 bits per heavy atom. The Morgan fingerprint density at radius 1 is 1.26 bits per heavy atom. The molecule has 0 unspecified atom stereocenters. The van der Waals surface area contributed by atoms with Crippen molar-refractivity contribution in [2.75, 3.05) is 0 Å². The van der Waals surface area contributed by atoms with Gasteiger partial charge in [0.05, 0.1) is 6.07 Å². The summed E-state index contributed by atoms with van der Waals surface area (Å²) in [5.74, 6) is -0.217. The molecule has 1 N–H and O–H groups in total. The predicted octanol–water partition coefficient (Wildman–Crippen LogP) is 3.69. The Labute approximate surface area is 118 Å². The Kier molecular flexibility index (Phi) is 4.44. The van der Waals surface area contributed by atoms with Crippen LogP contribution in [0, 0.1) is 11.3 Å². The molecule has 1 fully saturated rings. The predicted molar refractivity (Wildman–Crippen MR) is 75.0 cm³/mol. The van der Waals surface area contributed by atoms with E-state index in [9.17, 15) is 10.1 Å². The van der Waals surface area contributed by atoms with Gasteiger partial charge in [-0.1, -0.05) is 43.4 Å². The summed E-state index contributed by atoms with van der Waals surface area (Å²) in [5, 5.41) is 12.9. The van der Waals surface area contributed by atoms with Gasteiger partial charge in [0, 0.05) is 10.6 Å². The number of nitrogens with zero attached hydrogens (tertiary/aromatic N) is 1. The molecule has 1 amide bonds. The van der Waals surface area contributed by atoms with Crippen molar-refractivity contribution < 1.29 is 4.79 Å². The van der Waals surface area contributed by atoms with Gasteiger partial charge in [-0.3, -0.25) is 4.79 Å². The standard InChI is InChI=1S/C15H17ClN2O/c16-13-7-5-6-12(10-13)14(19)18-15(11-17)8-3-1-2-4-9-15/h5-7,10H,1-4,8-9H2,(H,18,19). The van der Waals surface area contributed by atoms with Crippen LogP contribution in [0.1, 0.15) is 48.9 Å². The molecule has 0 saturated heterocycles. The molecule has 1 aromatic rings. The molecule has 0 bridgehead atoms. The van der Waals surface area contributed by atoms with E-state index < -0.39 is 5.54 Å². The first kappa shape index (κ1) is 13.9. The van der Waals surface area contributed by atoms with E-state index in [1.54, 1.807) is 24.3 Å². The molecule has 0 spiro atoms.